The first-order chi connectivity index (χ1) is 9.29. The molecule has 2 aliphatic rings. The molecular formula is C15H23N3O. The van der Waals surface area contributed by atoms with Crippen molar-refractivity contribution in [3.63, 3.8) is 0 Å². The first kappa shape index (κ1) is 13.0. The number of hydrogen-bond donors (Lipinski definition) is 1. The number of nitrogens with zero attached hydrogens (tertiary/aromatic N) is 2. The van der Waals surface area contributed by atoms with Crippen LogP contribution in [0.15, 0.2) is 0 Å². The quantitative estimate of drug-likeness (QED) is 0.901. The summed E-state index contributed by atoms with van der Waals surface area (Å²) >= 11 is 0. The predicted molar refractivity (Wildman–Crippen MR) is 74.0 cm³/mol. The molecule has 4 heteroatoms. The van der Waals surface area contributed by atoms with E-state index in [1.54, 1.807) is 7.11 Å². The highest BCUT2D eigenvalue weighted by atomic mass is 16.5. The largest absolute Gasteiger partial charge is 0.370 e. The minimum Gasteiger partial charge on any atom is -0.370 e. The van der Waals surface area contributed by atoms with Crippen molar-refractivity contribution in [2.45, 2.75) is 57.6 Å². The molecule has 0 bridgehead atoms. The van der Waals surface area contributed by atoms with Crippen LogP contribution in [-0.2, 0) is 29.7 Å². The summed E-state index contributed by atoms with van der Waals surface area (Å²) in [6.07, 6.45) is 6.58. The van der Waals surface area contributed by atoms with E-state index in [1.165, 1.54) is 23.4 Å². The van der Waals surface area contributed by atoms with Crippen LogP contribution in [0.5, 0.6) is 0 Å². The molecule has 1 fully saturated rings. The van der Waals surface area contributed by atoms with Gasteiger partial charge in [-0.2, -0.15) is 0 Å². The molecule has 0 unspecified atom stereocenters. The molecule has 0 atom stereocenters. The van der Waals surface area contributed by atoms with Crippen LogP contribution in [0.3, 0.4) is 0 Å². The Labute approximate surface area is 115 Å². The first-order valence-electron chi connectivity index (χ1n) is 7.44. The minimum absolute atomic E-state index is 0.199. The molecule has 1 saturated carbocycles. The van der Waals surface area contributed by atoms with Crippen molar-refractivity contribution < 1.29 is 4.74 Å². The SMILES string of the molecule is CCCc1nc(C2(OC)CCC2)nc2c1CCNC2. The second-order valence-electron chi connectivity index (χ2n) is 5.65. The Bertz CT molecular complexity index is 463. The molecule has 1 aliphatic carbocycles. The summed E-state index contributed by atoms with van der Waals surface area (Å²) in [6, 6.07) is 0. The van der Waals surface area contributed by atoms with Crippen LogP contribution < -0.4 is 5.32 Å². The van der Waals surface area contributed by atoms with Gasteiger partial charge in [0.25, 0.3) is 0 Å². The van der Waals surface area contributed by atoms with Gasteiger partial charge in [-0.15, -0.1) is 0 Å². The molecule has 0 aromatic carbocycles. The number of nitrogens with one attached hydrogen (secondary N) is 1. The Kier molecular flexibility index (Phi) is 3.54. The van der Waals surface area contributed by atoms with Gasteiger partial charge >= 0.3 is 0 Å². The fourth-order valence-electron chi connectivity index (χ4n) is 3.10. The van der Waals surface area contributed by atoms with E-state index < -0.39 is 0 Å². The smallest absolute Gasteiger partial charge is 0.160 e. The molecule has 3 rings (SSSR count). The zero-order valence-corrected chi connectivity index (χ0v) is 12.0. The predicted octanol–water partition coefficient (Wildman–Crippen LogP) is 2.10. The van der Waals surface area contributed by atoms with E-state index in [0.29, 0.717) is 0 Å². The van der Waals surface area contributed by atoms with Crippen LogP contribution in [0.2, 0.25) is 0 Å². The van der Waals surface area contributed by atoms with Crippen LogP contribution in [0.4, 0.5) is 0 Å². The monoisotopic (exact) mass is 261 g/mol. The Morgan fingerprint density at radius 1 is 1.32 bits per heavy atom. The molecule has 4 nitrogen and oxygen atoms in total. The fourth-order valence-corrected chi connectivity index (χ4v) is 3.10. The molecule has 2 heterocycles. The maximum atomic E-state index is 5.74. The van der Waals surface area contributed by atoms with Crippen molar-refractivity contribution in [1.29, 1.82) is 0 Å². The maximum absolute atomic E-state index is 5.74. The third-order valence-electron chi connectivity index (χ3n) is 4.47. The van der Waals surface area contributed by atoms with Crippen molar-refractivity contribution in [1.82, 2.24) is 15.3 Å². The van der Waals surface area contributed by atoms with Gasteiger partial charge in [0.15, 0.2) is 5.82 Å². The van der Waals surface area contributed by atoms with Crippen molar-refractivity contribution in [2.75, 3.05) is 13.7 Å². The van der Waals surface area contributed by atoms with Gasteiger partial charge in [-0.3, -0.25) is 0 Å². The van der Waals surface area contributed by atoms with Gasteiger partial charge in [-0.25, -0.2) is 9.97 Å². The van der Waals surface area contributed by atoms with Crippen LogP contribution >= 0.6 is 0 Å². The van der Waals surface area contributed by atoms with Crippen molar-refractivity contribution >= 4 is 0 Å². The molecule has 0 radical (unpaired) electrons. The summed E-state index contributed by atoms with van der Waals surface area (Å²) in [5.74, 6) is 0.923. The van der Waals surface area contributed by atoms with Gasteiger partial charge in [0.1, 0.15) is 5.60 Å². The van der Waals surface area contributed by atoms with Crippen LogP contribution in [0, 0.1) is 0 Å². The van der Waals surface area contributed by atoms with E-state index in [9.17, 15) is 0 Å². The fraction of sp³-hybridized carbons (Fsp3) is 0.733. The molecule has 0 amide bonds. The van der Waals surface area contributed by atoms with Gasteiger partial charge in [0, 0.05) is 19.3 Å². The zero-order chi connectivity index (χ0) is 13.3. The highest BCUT2D eigenvalue weighted by Crippen LogP contribution is 2.43. The summed E-state index contributed by atoms with van der Waals surface area (Å²) in [6.45, 7) is 4.13. The third-order valence-corrected chi connectivity index (χ3v) is 4.47. The van der Waals surface area contributed by atoms with Crippen LogP contribution in [-0.4, -0.2) is 23.6 Å². The molecule has 1 aromatic rings. The molecule has 104 valence electrons. The van der Waals surface area contributed by atoms with E-state index in [4.69, 9.17) is 14.7 Å². The summed E-state index contributed by atoms with van der Waals surface area (Å²) in [5.41, 5.74) is 3.64. The van der Waals surface area contributed by atoms with E-state index >= 15 is 0 Å². The summed E-state index contributed by atoms with van der Waals surface area (Å²) in [4.78, 5) is 9.70. The maximum Gasteiger partial charge on any atom is 0.160 e. The second kappa shape index (κ2) is 5.17. The third kappa shape index (κ3) is 2.17. The van der Waals surface area contributed by atoms with Gasteiger partial charge in [-0.1, -0.05) is 13.3 Å². The van der Waals surface area contributed by atoms with Crippen molar-refractivity contribution in [3.05, 3.63) is 22.8 Å². The first-order valence-corrected chi connectivity index (χ1v) is 7.44. The van der Waals surface area contributed by atoms with Gasteiger partial charge in [0.2, 0.25) is 0 Å². The summed E-state index contributed by atoms with van der Waals surface area (Å²) in [7, 11) is 1.79. The molecule has 1 aliphatic heterocycles. The summed E-state index contributed by atoms with van der Waals surface area (Å²) < 4.78 is 5.74. The van der Waals surface area contributed by atoms with Gasteiger partial charge in [-0.05, 0) is 44.2 Å². The highest BCUT2D eigenvalue weighted by Gasteiger charge is 2.42. The van der Waals surface area contributed by atoms with Crippen LogP contribution in [0.25, 0.3) is 0 Å². The lowest BCUT2D eigenvalue weighted by Gasteiger charge is -2.39. The average Bonchev–Trinajstić information content (AvgIpc) is 2.38. The van der Waals surface area contributed by atoms with E-state index in [0.717, 1.165) is 51.0 Å². The molecule has 1 N–H and O–H groups in total. The number of rotatable bonds is 4. The molecule has 0 spiro atoms. The Balaban J connectivity index is 2.03. The van der Waals surface area contributed by atoms with E-state index in [1.807, 2.05) is 0 Å². The Hall–Kier alpha value is -1.00. The van der Waals surface area contributed by atoms with Gasteiger partial charge in [0.05, 0.1) is 5.69 Å². The standard InChI is InChI=1S/C15H23N3O/c1-3-5-12-11-6-9-16-10-13(11)18-14(17-12)15(19-2)7-4-8-15/h16H,3-10H2,1-2H3. The lowest BCUT2D eigenvalue weighted by molar-refractivity contribution is -0.0849. The number of fused-ring (bicyclic) bond motifs is 1. The minimum atomic E-state index is -0.199. The van der Waals surface area contributed by atoms with E-state index in [-0.39, 0.29) is 5.60 Å². The van der Waals surface area contributed by atoms with Crippen molar-refractivity contribution in [2.24, 2.45) is 0 Å². The molecule has 19 heavy (non-hydrogen) atoms. The van der Waals surface area contributed by atoms with E-state index in [2.05, 4.69) is 12.2 Å². The topological polar surface area (TPSA) is 47.0 Å². The highest BCUT2D eigenvalue weighted by molar-refractivity contribution is 5.30. The molecular weight excluding hydrogens is 238 g/mol. The zero-order valence-electron chi connectivity index (χ0n) is 12.0. The lowest BCUT2D eigenvalue weighted by atomic mass is 9.79. The lowest BCUT2D eigenvalue weighted by Crippen LogP contribution is -2.39. The normalized spacial score (nSPS) is 20.7. The average molecular weight is 261 g/mol. The second-order valence-corrected chi connectivity index (χ2v) is 5.65. The van der Waals surface area contributed by atoms with Crippen molar-refractivity contribution in [3.8, 4) is 0 Å². The van der Waals surface area contributed by atoms with Gasteiger partial charge < -0.3 is 10.1 Å². The number of aromatic nitrogens is 2. The summed E-state index contributed by atoms with van der Waals surface area (Å²) in [5, 5.41) is 3.41. The molecule has 1 aromatic heterocycles. The Morgan fingerprint density at radius 2 is 2.16 bits per heavy atom. The number of hydrogen-bond acceptors (Lipinski definition) is 4. The Morgan fingerprint density at radius 3 is 2.79 bits per heavy atom. The number of ether oxygens (including phenoxy) is 1. The van der Waals surface area contributed by atoms with Crippen LogP contribution in [0.1, 0.15) is 55.4 Å². The number of aryl methyl sites for hydroxylation is 1. The molecule has 0 saturated heterocycles. The number of methoxy groups -OCH3 is 1.